The van der Waals surface area contributed by atoms with Crippen LogP contribution in [0.1, 0.15) is 23.7 Å². The number of benzene rings is 2. The Morgan fingerprint density at radius 1 is 1.00 bits per heavy atom. The molecule has 150 valence electrons. The number of nitrogens with one attached hydrogen (secondary N) is 2. The van der Waals surface area contributed by atoms with Crippen LogP contribution in [0.15, 0.2) is 66.7 Å². The number of carbonyl (C=O) groups excluding carboxylic acids is 1. The van der Waals surface area contributed by atoms with E-state index in [4.69, 9.17) is 9.47 Å². The minimum Gasteiger partial charge on any atom is -0.478 e. The summed E-state index contributed by atoms with van der Waals surface area (Å²) >= 11 is 0. The van der Waals surface area contributed by atoms with Gasteiger partial charge in [-0.2, -0.15) is 9.97 Å². The minimum atomic E-state index is -0.324. The fourth-order valence-electron chi connectivity index (χ4n) is 2.55. The summed E-state index contributed by atoms with van der Waals surface area (Å²) in [5.74, 6) is 1.24. The maximum absolute atomic E-state index is 11.9. The van der Waals surface area contributed by atoms with Crippen molar-refractivity contribution in [1.29, 1.82) is 0 Å². The SMILES string of the molecule is CCOc1cc(Nc2ccccc2)nc(NCCCOC(=O)c2ccccc2)n1. The lowest BCUT2D eigenvalue weighted by Crippen LogP contribution is -2.12. The molecule has 7 heteroatoms. The summed E-state index contributed by atoms with van der Waals surface area (Å²) < 4.78 is 10.8. The minimum absolute atomic E-state index is 0.307. The van der Waals surface area contributed by atoms with Crippen molar-refractivity contribution in [3.05, 3.63) is 72.3 Å². The molecule has 3 aromatic rings. The second kappa shape index (κ2) is 10.7. The van der Waals surface area contributed by atoms with Crippen LogP contribution in [-0.2, 0) is 4.74 Å². The molecule has 0 aliphatic heterocycles. The Labute approximate surface area is 170 Å². The molecular weight excluding hydrogens is 368 g/mol. The second-order valence-corrected chi connectivity index (χ2v) is 6.12. The van der Waals surface area contributed by atoms with Crippen molar-refractivity contribution in [2.45, 2.75) is 13.3 Å². The third-order valence-corrected chi connectivity index (χ3v) is 3.89. The monoisotopic (exact) mass is 392 g/mol. The molecule has 0 bridgehead atoms. The summed E-state index contributed by atoms with van der Waals surface area (Å²) in [7, 11) is 0. The number of hydrogen-bond acceptors (Lipinski definition) is 7. The molecule has 0 radical (unpaired) electrons. The molecular formula is C22H24N4O3. The molecule has 0 atom stereocenters. The van der Waals surface area contributed by atoms with Crippen molar-refractivity contribution in [3.8, 4) is 5.88 Å². The lowest BCUT2D eigenvalue weighted by atomic mass is 10.2. The van der Waals surface area contributed by atoms with E-state index >= 15 is 0 Å². The molecule has 0 unspecified atom stereocenters. The summed E-state index contributed by atoms with van der Waals surface area (Å²) in [6.07, 6.45) is 0.627. The van der Waals surface area contributed by atoms with Gasteiger partial charge in [0.05, 0.1) is 18.8 Å². The van der Waals surface area contributed by atoms with Crippen LogP contribution in [0, 0.1) is 0 Å². The van der Waals surface area contributed by atoms with Gasteiger partial charge in [-0.3, -0.25) is 0 Å². The number of ether oxygens (including phenoxy) is 2. The fraction of sp³-hybridized carbons (Fsp3) is 0.227. The van der Waals surface area contributed by atoms with Gasteiger partial charge in [0.1, 0.15) is 5.82 Å². The Morgan fingerprint density at radius 2 is 1.72 bits per heavy atom. The van der Waals surface area contributed by atoms with Crippen LogP contribution >= 0.6 is 0 Å². The van der Waals surface area contributed by atoms with Gasteiger partial charge in [0.25, 0.3) is 0 Å². The lowest BCUT2D eigenvalue weighted by Gasteiger charge is -2.11. The molecule has 0 saturated heterocycles. The van der Waals surface area contributed by atoms with Crippen LogP contribution in [-0.4, -0.2) is 35.7 Å². The van der Waals surface area contributed by atoms with Crippen LogP contribution < -0.4 is 15.4 Å². The maximum atomic E-state index is 11.9. The maximum Gasteiger partial charge on any atom is 0.338 e. The molecule has 3 rings (SSSR count). The van der Waals surface area contributed by atoms with E-state index in [2.05, 4.69) is 20.6 Å². The van der Waals surface area contributed by atoms with Crippen molar-refractivity contribution in [2.24, 2.45) is 0 Å². The molecule has 0 saturated carbocycles. The molecule has 2 N–H and O–H groups in total. The summed E-state index contributed by atoms with van der Waals surface area (Å²) in [4.78, 5) is 20.7. The Kier molecular flexibility index (Phi) is 7.40. The Bertz CT molecular complexity index is 904. The van der Waals surface area contributed by atoms with Gasteiger partial charge in [0.15, 0.2) is 0 Å². The number of hydrogen-bond donors (Lipinski definition) is 2. The molecule has 0 fully saturated rings. The third-order valence-electron chi connectivity index (χ3n) is 3.89. The molecule has 7 nitrogen and oxygen atoms in total. The van der Waals surface area contributed by atoms with E-state index in [9.17, 15) is 4.79 Å². The quantitative estimate of drug-likeness (QED) is 0.393. The van der Waals surface area contributed by atoms with Gasteiger partial charge >= 0.3 is 5.97 Å². The van der Waals surface area contributed by atoms with Crippen molar-refractivity contribution in [3.63, 3.8) is 0 Å². The molecule has 29 heavy (non-hydrogen) atoms. The van der Waals surface area contributed by atoms with Crippen molar-refractivity contribution >= 4 is 23.4 Å². The number of carbonyl (C=O) groups is 1. The number of para-hydroxylation sites is 1. The van der Waals surface area contributed by atoms with Crippen molar-refractivity contribution in [2.75, 3.05) is 30.4 Å². The summed E-state index contributed by atoms with van der Waals surface area (Å²) in [6.45, 7) is 3.28. The van der Waals surface area contributed by atoms with Gasteiger partial charge in [-0.05, 0) is 37.6 Å². The zero-order valence-electron chi connectivity index (χ0n) is 16.3. The zero-order chi connectivity index (χ0) is 20.3. The highest BCUT2D eigenvalue weighted by atomic mass is 16.5. The number of anilines is 3. The van der Waals surface area contributed by atoms with Gasteiger partial charge in [-0.25, -0.2) is 4.79 Å². The van der Waals surface area contributed by atoms with Crippen LogP contribution in [0.4, 0.5) is 17.5 Å². The standard InChI is InChI=1S/C22H24N4O3/c1-2-28-20-16-19(24-18-12-7-4-8-13-18)25-22(26-20)23-14-9-15-29-21(27)17-10-5-3-6-11-17/h3-8,10-13,16H,2,9,14-15H2,1H3,(H2,23,24,25,26). The van der Waals surface area contributed by atoms with Crippen LogP contribution in [0.3, 0.4) is 0 Å². The average Bonchev–Trinajstić information content (AvgIpc) is 2.75. The first-order valence-electron chi connectivity index (χ1n) is 9.54. The molecule has 0 aliphatic rings. The van der Waals surface area contributed by atoms with E-state index in [1.165, 1.54) is 0 Å². The van der Waals surface area contributed by atoms with E-state index in [1.54, 1.807) is 18.2 Å². The van der Waals surface area contributed by atoms with Gasteiger partial charge < -0.3 is 20.1 Å². The summed E-state index contributed by atoms with van der Waals surface area (Å²) in [6, 6.07) is 20.4. The highest BCUT2D eigenvalue weighted by Crippen LogP contribution is 2.20. The van der Waals surface area contributed by atoms with Gasteiger partial charge in [0.2, 0.25) is 11.8 Å². The average molecular weight is 392 g/mol. The van der Waals surface area contributed by atoms with Crippen molar-refractivity contribution < 1.29 is 14.3 Å². The van der Waals surface area contributed by atoms with Crippen LogP contribution in [0.2, 0.25) is 0 Å². The highest BCUT2D eigenvalue weighted by Gasteiger charge is 2.07. The highest BCUT2D eigenvalue weighted by molar-refractivity contribution is 5.89. The largest absolute Gasteiger partial charge is 0.478 e. The fourth-order valence-corrected chi connectivity index (χ4v) is 2.55. The predicted octanol–water partition coefficient (Wildman–Crippen LogP) is 4.28. The zero-order valence-corrected chi connectivity index (χ0v) is 16.3. The first-order valence-corrected chi connectivity index (χ1v) is 9.54. The topological polar surface area (TPSA) is 85.4 Å². The van der Waals surface area contributed by atoms with Crippen LogP contribution in [0.5, 0.6) is 5.88 Å². The summed E-state index contributed by atoms with van der Waals surface area (Å²) in [5.41, 5.74) is 1.47. The molecule has 1 aromatic heterocycles. The number of aromatic nitrogens is 2. The van der Waals surface area contributed by atoms with E-state index < -0.39 is 0 Å². The Hall–Kier alpha value is -3.61. The number of esters is 1. The van der Waals surface area contributed by atoms with Gasteiger partial charge in [0, 0.05) is 18.3 Å². The van der Waals surface area contributed by atoms with Crippen molar-refractivity contribution in [1.82, 2.24) is 9.97 Å². The number of rotatable bonds is 10. The van der Waals surface area contributed by atoms with Crippen LogP contribution in [0.25, 0.3) is 0 Å². The third kappa shape index (κ3) is 6.49. The molecule has 2 aromatic carbocycles. The normalized spacial score (nSPS) is 10.2. The molecule has 1 heterocycles. The van der Waals surface area contributed by atoms with E-state index in [0.29, 0.717) is 49.4 Å². The first-order chi connectivity index (χ1) is 14.2. The smallest absolute Gasteiger partial charge is 0.338 e. The van der Waals surface area contributed by atoms with E-state index in [-0.39, 0.29) is 5.97 Å². The molecule has 0 aliphatic carbocycles. The molecule has 0 spiro atoms. The Balaban J connectivity index is 1.52. The first kappa shape index (κ1) is 20.1. The number of nitrogens with zero attached hydrogens (tertiary/aromatic N) is 2. The second-order valence-electron chi connectivity index (χ2n) is 6.12. The van der Waals surface area contributed by atoms with E-state index in [1.807, 2.05) is 55.5 Å². The van der Waals surface area contributed by atoms with Gasteiger partial charge in [-0.1, -0.05) is 36.4 Å². The molecule has 0 amide bonds. The summed E-state index contributed by atoms with van der Waals surface area (Å²) in [5, 5.41) is 6.39. The predicted molar refractivity (Wildman–Crippen MR) is 113 cm³/mol. The van der Waals surface area contributed by atoms with Gasteiger partial charge in [-0.15, -0.1) is 0 Å². The Morgan fingerprint density at radius 3 is 2.45 bits per heavy atom. The lowest BCUT2D eigenvalue weighted by molar-refractivity contribution is 0.0504. The van der Waals surface area contributed by atoms with E-state index in [0.717, 1.165) is 5.69 Å².